The van der Waals surface area contributed by atoms with Gasteiger partial charge in [0.25, 0.3) is 0 Å². The van der Waals surface area contributed by atoms with Crippen LogP contribution in [0, 0.1) is 5.92 Å². The van der Waals surface area contributed by atoms with E-state index in [2.05, 4.69) is 27.7 Å². The molecule has 0 aromatic rings. The molecule has 1 atom stereocenters. The number of hydrogen-bond donors (Lipinski definition) is 0. The molecule has 0 fully saturated rings. The second-order valence-corrected chi connectivity index (χ2v) is 6.38. The summed E-state index contributed by atoms with van der Waals surface area (Å²) in [6.45, 7) is 9.08. The Morgan fingerprint density at radius 1 is 0.941 bits per heavy atom. The summed E-state index contributed by atoms with van der Waals surface area (Å²) < 4.78 is 5.66. The van der Waals surface area contributed by atoms with Crippen LogP contribution in [0.2, 0.25) is 0 Å². The zero-order valence-corrected chi connectivity index (χ0v) is 14.8. The molecule has 0 rings (SSSR count). The third-order valence-electron chi connectivity index (χ3n) is 4.20. The van der Waals surface area contributed by atoms with Gasteiger partial charge in [0.1, 0.15) is 10.5 Å². The van der Waals surface area contributed by atoms with Crippen molar-refractivity contribution < 1.29 is 4.43 Å². The van der Waals surface area contributed by atoms with Crippen LogP contribution in [0.3, 0.4) is 0 Å². The van der Waals surface area contributed by atoms with E-state index >= 15 is 0 Å². The van der Waals surface area contributed by atoms with Crippen LogP contribution in [-0.2, 0) is 4.43 Å². The normalized spacial score (nSPS) is 14.1. The van der Waals surface area contributed by atoms with Crippen LogP contribution in [-0.4, -0.2) is 16.1 Å². The molecular formula is C15H34OSi. The van der Waals surface area contributed by atoms with Gasteiger partial charge >= 0.3 is 0 Å². The van der Waals surface area contributed by atoms with Crippen molar-refractivity contribution in [1.29, 1.82) is 0 Å². The summed E-state index contributed by atoms with van der Waals surface area (Å²) in [6.07, 6.45) is 12.6. The van der Waals surface area contributed by atoms with Crippen LogP contribution in [0.5, 0.6) is 0 Å². The topological polar surface area (TPSA) is 9.23 Å². The lowest BCUT2D eigenvalue weighted by Gasteiger charge is -2.31. The van der Waals surface area contributed by atoms with Gasteiger partial charge in [-0.1, -0.05) is 65.2 Å². The lowest BCUT2D eigenvalue weighted by Crippen LogP contribution is -2.31. The van der Waals surface area contributed by atoms with Gasteiger partial charge in [-0.15, -0.1) is 0 Å². The molecule has 17 heavy (non-hydrogen) atoms. The van der Waals surface area contributed by atoms with Crippen molar-refractivity contribution in [2.75, 3.05) is 0 Å². The predicted molar refractivity (Wildman–Crippen MR) is 81.5 cm³/mol. The van der Waals surface area contributed by atoms with Crippen molar-refractivity contribution in [2.45, 2.75) is 91.1 Å². The van der Waals surface area contributed by atoms with Gasteiger partial charge in [-0.3, -0.25) is 0 Å². The molecule has 0 radical (unpaired) electrons. The maximum absolute atomic E-state index is 5.66. The van der Waals surface area contributed by atoms with Gasteiger partial charge in [0.2, 0.25) is 0 Å². The Balaban J connectivity index is 3.34. The van der Waals surface area contributed by atoms with E-state index in [-0.39, 0.29) is 5.60 Å². The van der Waals surface area contributed by atoms with Gasteiger partial charge in [0, 0.05) is 0 Å². The standard InChI is InChI=1S/C15H34OSi/c1-5-6-7-8-9-10-11-12-13-14(2)15(3,4)16-17/h14H,5-13H2,1-4,17H3. The predicted octanol–water partition coefficient (Wildman–Crippen LogP) is 4.23. The molecule has 0 aromatic heterocycles. The van der Waals surface area contributed by atoms with E-state index in [1.165, 1.54) is 57.8 Å². The molecule has 0 aliphatic rings. The highest BCUT2D eigenvalue weighted by molar-refractivity contribution is 5.98. The Morgan fingerprint density at radius 2 is 1.41 bits per heavy atom. The molecule has 0 heterocycles. The Morgan fingerprint density at radius 3 is 1.88 bits per heavy atom. The van der Waals surface area contributed by atoms with Gasteiger partial charge < -0.3 is 4.43 Å². The molecule has 0 aliphatic heterocycles. The smallest absolute Gasteiger partial charge is 0.146 e. The van der Waals surface area contributed by atoms with Gasteiger partial charge in [-0.05, 0) is 26.2 Å². The molecule has 0 N–H and O–H groups in total. The SMILES string of the molecule is CCCCCCCCCCC(C)C(C)(C)O[SiH3]. The average molecular weight is 259 g/mol. The van der Waals surface area contributed by atoms with E-state index in [0.29, 0.717) is 5.92 Å². The monoisotopic (exact) mass is 258 g/mol. The Hall–Kier alpha value is 0.177. The summed E-state index contributed by atoms with van der Waals surface area (Å²) in [5.41, 5.74) is 0.105. The zero-order chi connectivity index (χ0) is 13.1. The summed E-state index contributed by atoms with van der Waals surface area (Å²) in [7, 11) is 0.856. The van der Waals surface area contributed by atoms with E-state index in [1.54, 1.807) is 0 Å². The van der Waals surface area contributed by atoms with Crippen LogP contribution < -0.4 is 0 Å². The van der Waals surface area contributed by atoms with E-state index in [0.717, 1.165) is 10.5 Å². The van der Waals surface area contributed by atoms with E-state index in [4.69, 9.17) is 4.43 Å². The Bertz CT molecular complexity index is 168. The highest BCUT2D eigenvalue weighted by Gasteiger charge is 2.23. The summed E-state index contributed by atoms with van der Waals surface area (Å²) >= 11 is 0. The van der Waals surface area contributed by atoms with Crippen molar-refractivity contribution >= 4 is 10.5 Å². The molecule has 1 nitrogen and oxygen atoms in total. The molecule has 0 aliphatic carbocycles. The second-order valence-electron chi connectivity index (χ2n) is 5.97. The first kappa shape index (κ1) is 17.2. The Kier molecular flexibility index (Phi) is 10.2. The van der Waals surface area contributed by atoms with Crippen molar-refractivity contribution in [3.05, 3.63) is 0 Å². The molecular weight excluding hydrogens is 224 g/mol. The third-order valence-corrected chi connectivity index (χ3v) is 5.26. The largest absolute Gasteiger partial charge is 0.423 e. The Labute approximate surface area is 112 Å². The fourth-order valence-electron chi connectivity index (χ4n) is 2.13. The lowest BCUT2D eigenvalue weighted by molar-refractivity contribution is 0.0562. The number of unbranched alkanes of at least 4 members (excludes halogenated alkanes) is 7. The maximum atomic E-state index is 5.66. The van der Waals surface area contributed by atoms with Crippen LogP contribution in [0.15, 0.2) is 0 Å². The van der Waals surface area contributed by atoms with Gasteiger partial charge in [0.05, 0.1) is 5.60 Å². The first-order valence-corrected chi connectivity index (χ1v) is 8.41. The summed E-state index contributed by atoms with van der Waals surface area (Å²) in [4.78, 5) is 0. The minimum atomic E-state index is 0.105. The molecule has 1 unspecified atom stereocenters. The quantitative estimate of drug-likeness (QED) is 0.398. The molecule has 0 aromatic carbocycles. The van der Waals surface area contributed by atoms with Crippen LogP contribution in [0.1, 0.15) is 85.5 Å². The fraction of sp³-hybridized carbons (Fsp3) is 1.00. The van der Waals surface area contributed by atoms with Gasteiger partial charge in [-0.25, -0.2) is 0 Å². The number of rotatable bonds is 11. The highest BCUT2D eigenvalue weighted by Crippen LogP contribution is 2.25. The minimum absolute atomic E-state index is 0.105. The molecule has 2 heteroatoms. The van der Waals surface area contributed by atoms with Crippen LogP contribution in [0.25, 0.3) is 0 Å². The van der Waals surface area contributed by atoms with Crippen LogP contribution in [0.4, 0.5) is 0 Å². The van der Waals surface area contributed by atoms with Crippen molar-refractivity contribution in [2.24, 2.45) is 5.92 Å². The minimum Gasteiger partial charge on any atom is -0.423 e. The van der Waals surface area contributed by atoms with Crippen molar-refractivity contribution in [3.63, 3.8) is 0 Å². The van der Waals surface area contributed by atoms with E-state index in [9.17, 15) is 0 Å². The second kappa shape index (κ2) is 10.1. The average Bonchev–Trinajstić information content (AvgIpc) is 2.32. The zero-order valence-electron chi connectivity index (χ0n) is 12.8. The van der Waals surface area contributed by atoms with E-state index < -0.39 is 0 Å². The van der Waals surface area contributed by atoms with Crippen LogP contribution >= 0.6 is 0 Å². The first-order chi connectivity index (χ1) is 8.04. The highest BCUT2D eigenvalue weighted by atomic mass is 28.2. The molecule has 0 bridgehead atoms. The maximum Gasteiger partial charge on any atom is 0.146 e. The molecule has 104 valence electrons. The van der Waals surface area contributed by atoms with Crippen molar-refractivity contribution in [1.82, 2.24) is 0 Å². The van der Waals surface area contributed by atoms with Gasteiger partial charge in [0.15, 0.2) is 0 Å². The number of hydrogen-bond acceptors (Lipinski definition) is 1. The summed E-state index contributed by atoms with van der Waals surface area (Å²) in [5.74, 6) is 0.695. The molecule has 0 amide bonds. The third kappa shape index (κ3) is 8.84. The molecule has 0 saturated heterocycles. The first-order valence-electron chi connectivity index (χ1n) is 7.59. The lowest BCUT2D eigenvalue weighted by atomic mass is 9.88. The van der Waals surface area contributed by atoms with Crippen molar-refractivity contribution in [3.8, 4) is 0 Å². The summed E-state index contributed by atoms with van der Waals surface area (Å²) in [6, 6.07) is 0. The fourth-order valence-corrected chi connectivity index (χ4v) is 2.54. The summed E-state index contributed by atoms with van der Waals surface area (Å²) in [5, 5.41) is 0. The molecule has 0 spiro atoms. The molecule has 0 saturated carbocycles. The van der Waals surface area contributed by atoms with E-state index in [1.807, 2.05) is 0 Å². The van der Waals surface area contributed by atoms with Gasteiger partial charge in [-0.2, -0.15) is 0 Å².